The number of phosphoric acid groups is 1. The molecular formula is C51H94NO8P. The standard InChI is InChI=1S/C51H94NO8P/c1-3-5-7-9-11-12-13-14-15-16-17-18-19-20-21-22-23-24-25-26-27-28-29-30-31-32-33-34-35-36-38-40-42-44-51(54)60-49(48-59-61(55,56)58-46-45-52)47-57-50(53)43-41-39-37-10-8-6-4-2/h5,7,11-12,14-15,17-18,49H,3-4,6,8-10,13,16,19-48,52H2,1-2H3,(H,55,56)/b7-5-,12-11-,15-14-,18-17-. The second-order valence-corrected chi connectivity index (χ2v) is 18.1. The van der Waals surface area contributed by atoms with E-state index in [4.69, 9.17) is 24.3 Å². The first kappa shape index (κ1) is 59.0. The Morgan fingerprint density at radius 2 is 0.902 bits per heavy atom. The third-order valence-corrected chi connectivity index (χ3v) is 11.7. The van der Waals surface area contributed by atoms with Gasteiger partial charge in [0, 0.05) is 19.4 Å². The lowest BCUT2D eigenvalue weighted by Gasteiger charge is -2.19. The van der Waals surface area contributed by atoms with E-state index in [0.29, 0.717) is 6.42 Å². The third kappa shape index (κ3) is 47.3. The topological polar surface area (TPSA) is 134 Å². The molecule has 0 saturated heterocycles. The van der Waals surface area contributed by atoms with Crippen LogP contribution in [0.25, 0.3) is 0 Å². The van der Waals surface area contributed by atoms with Crippen molar-refractivity contribution in [1.29, 1.82) is 0 Å². The lowest BCUT2D eigenvalue weighted by atomic mass is 10.0. The van der Waals surface area contributed by atoms with Gasteiger partial charge >= 0.3 is 19.8 Å². The van der Waals surface area contributed by atoms with Crippen LogP contribution in [-0.2, 0) is 32.7 Å². The summed E-state index contributed by atoms with van der Waals surface area (Å²) in [6.45, 7) is 3.59. The molecule has 0 amide bonds. The van der Waals surface area contributed by atoms with Crippen molar-refractivity contribution in [3.05, 3.63) is 48.6 Å². The molecule has 3 N–H and O–H groups in total. The first-order valence-electron chi connectivity index (χ1n) is 25.1. The fourth-order valence-corrected chi connectivity index (χ4v) is 7.80. The van der Waals surface area contributed by atoms with Crippen LogP contribution in [0.3, 0.4) is 0 Å². The van der Waals surface area contributed by atoms with Crippen LogP contribution in [0.15, 0.2) is 48.6 Å². The number of phosphoric ester groups is 1. The van der Waals surface area contributed by atoms with Gasteiger partial charge in [-0.25, -0.2) is 4.57 Å². The van der Waals surface area contributed by atoms with Crippen LogP contribution in [0, 0.1) is 0 Å². The second-order valence-electron chi connectivity index (χ2n) is 16.7. The van der Waals surface area contributed by atoms with Crippen molar-refractivity contribution >= 4 is 19.8 Å². The number of esters is 2. The minimum Gasteiger partial charge on any atom is -0.462 e. The Morgan fingerprint density at radius 1 is 0.508 bits per heavy atom. The average molecular weight is 880 g/mol. The molecule has 10 heteroatoms. The molecule has 0 aromatic rings. The summed E-state index contributed by atoms with van der Waals surface area (Å²) in [6.07, 6.45) is 56.3. The quantitative estimate of drug-likeness (QED) is 0.0265. The predicted octanol–water partition coefficient (Wildman–Crippen LogP) is 15.1. The van der Waals surface area contributed by atoms with Gasteiger partial charge in [-0.2, -0.15) is 0 Å². The van der Waals surface area contributed by atoms with Gasteiger partial charge in [0.2, 0.25) is 0 Å². The maximum Gasteiger partial charge on any atom is 0.472 e. The molecule has 0 aromatic heterocycles. The molecule has 0 aliphatic rings. The lowest BCUT2D eigenvalue weighted by molar-refractivity contribution is -0.161. The van der Waals surface area contributed by atoms with Gasteiger partial charge in [-0.15, -0.1) is 0 Å². The Balaban J connectivity index is 3.77. The van der Waals surface area contributed by atoms with E-state index in [-0.39, 0.29) is 38.6 Å². The highest BCUT2D eigenvalue weighted by molar-refractivity contribution is 7.47. The van der Waals surface area contributed by atoms with Crippen molar-refractivity contribution in [2.75, 3.05) is 26.4 Å². The first-order chi connectivity index (χ1) is 29.8. The highest BCUT2D eigenvalue weighted by Gasteiger charge is 2.26. The molecule has 0 aliphatic carbocycles. The van der Waals surface area contributed by atoms with Gasteiger partial charge in [0.15, 0.2) is 6.10 Å². The molecule has 61 heavy (non-hydrogen) atoms. The summed E-state index contributed by atoms with van der Waals surface area (Å²) in [7, 11) is -4.37. The van der Waals surface area contributed by atoms with Crippen LogP contribution in [0.1, 0.15) is 232 Å². The molecule has 2 unspecified atom stereocenters. The van der Waals surface area contributed by atoms with Gasteiger partial charge in [-0.05, 0) is 51.4 Å². The molecule has 0 spiro atoms. The molecule has 0 fully saturated rings. The number of nitrogens with two attached hydrogens (primary N) is 1. The molecule has 0 radical (unpaired) electrons. The molecular weight excluding hydrogens is 786 g/mol. The maximum atomic E-state index is 12.6. The molecule has 0 aliphatic heterocycles. The molecule has 0 rings (SSSR count). The van der Waals surface area contributed by atoms with E-state index < -0.39 is 26.5 Å². The largest absolute Gasteiger partial charge is 0.472 e. The van der Waals surface area contributed by atoms with Crippen LogP contribution in [0.4, 0.5) is 0 Å². The number of allylic oxidation sites excluding steroid dienone is 8. The molecule has 0 heterocycles. The minimum atomic E-state index is -4.37. The molecule has 0 saturated carbocycles. The molecule has 0 bridgehead atoms. The molecule has 9 nitrogen and oxygen atoms in total. The fourth-order valence-electron chi connectivity index (χ4n) is 7.04. The van der Waals surface area contributed by atoms with E-state index in [1.165, 1.54) is 141 Å². The summed E-state index contributed by atoms with van der Waals surface area (Å²) in [5.41, 5.74) is 5.34. The zero-order chi connectivity index (χ0) is 44.6. The van der Waals surface area contributed by atoms with Crippen molar-refractivity contribution in [3.8, 4) is 0 Å². The average Bonchev–Trinajstić information content (AvgIpc) is 3.25. The van der Waals surface area contributed by atoms with Crippen molar-refractivity contribution < 1.29 is 37.6 Å². The normalized spacial score (nSPS) is 13.6. The molecule has 356 valence electrons. The number of hydrogen-bond donors (Lipinski definition) is 2. The van der Waals surface area contributed by atoms with Crippen LogP contribution >= 0.6 is 7.82 Å². The SMILES string of the molecule is CC/C=C\C/C=C\C/C=C\C/C=C\CCCCCCCCCCCCCCCCCCCCCCC(=O)OC(COC(=O)CCCCCCCCC)COP(=O)(O)OCCN. The number of ether oxygens (including phenoxy) is 2. The van der Waals surface area contributed by atoms with E-state index in [0.717, 1.165) is 57.8 Å². The van der Waals surface area contributed by atoms with Crippen molar-refractivity contribution in [3.63, 3.8) is 0 Å². The van der Waals surface area contributed by atoms with E-state index in [1.807, 2.05) is 0 Å². The van der Waals surface area contributed by atoms with Gasteiger partial charge in [0.25, 0.3) is 0 Å². The van der Waals surface area contributed by atoms with E-state index in [9.17, 15) is 19.0 Å². The Kier molecular flexibility index (Phi) is 45.9. The molecule has 2 atom stereocenters. The zero-order valence-electron chi connectivity index (χ0n) is 39.4. The fraction of sp³-hybridized carbons (Fsp3) is 0.804. The Hall–Kier alpha value is -2.03. The zero-order valence-corrected chi connectivity index (χ0v) is 40.3. The van der Waals surface area contributed by atoms with Crippen molar-refractivity contribution in [2.45, 2.75) is 238 Å². The Labute approximate surface area is 375 Å². The number of rotatable bonds is 47. The summed E-state index contributed by atoms with van der Waals surface area (Å²) in [5.74, 6) is -0.827. The third-order valence-electron chi connectivity index (χ3n) is 10.7. The van der Waals surface area contributed by atoms with Gasteiger partial charge in [0.1, 0.15) is 6.61 Å². The van der Waals surface area contributed by atoms with Crippen molar-refractivity contribution in [1.82, 2.24) is 0 Å². The smallest absolute Gasteiger partial charge is 0.462 e. The Bertz CT molecular complexity index is 1140. The van der Waals surface area contributed by atoms with Crippen LogP contribution in [0.5, 0.6) is 0 Å². The van der Waals surface area contributed by atoms with Gasteiger partial charge in [-0.3, -0.25) is 18.6 Å². The summed E-state index contributed by atoms with van der Waals surface area (Å²) >= 11 is 0. The molecule has 0 aromatic carbocycles. The van der Waals surface area contributed by atoms with Crippen molar-refractivity contribution in [2.24, 2.45) is 5.73 Å². The number of carbonyl (C=O) groups excluding carboxylic acids is 2. The highest BCUT2D eigenvalue weighted by Crippen LogP contribution is 2.43. The van der Waals surface area contributed by atoms with Gasteiger partial charge in [-0.1, -0.05) is 217 Å². The van der Waals surface area contributed by atoms with Crippen LogP contribution in [0.2, 0.25) is 0 Å². The predicted molar refractivity (Wildman–Crippen MR) is 257 cm³/mol. The number of unbranched alkanes of at least 4 members (excludes halogenated alkanes) is 26. The van der Waals surface area contributed by atoms with E-state index in [1.54, 1.807) is 0 Å². The summed E-state index contributed by atoms with van der Waals surface area (Å²) in [5, 5.41) is 0. The number of carbonyl (C=O) groups is 2. The second kappa shape index (κ2) is 47.4. The van der Waals surface area contributed by atoms with Gasteiger partial charge < -0.3 is 20.1 Å². The Morgan fingerprint density at radius 3 is 1.34 bits per heavy atom. The van der Waals surface area contributed by atoms with E-state index >= 15 is 0 Å². The maximum absolute atomic E-state index is 12.6. The van der Waals surface area contributed by atoms with Gasteiger partial charge in [0.05, 0.1) is 13.2 Å². The minimum absolute atomic E-state index is 0.0548. The van der Waals surface area contributed by atoms with Crippen LogP contribution < -0.4 is 5.73 Å². The highest BCUT2D eigenvalue weighted by atomic mass is 31.2. The van der Waals surface area contributed by atoms with E-state index in [2.05, 4.69) is 62.5 Å². The number of hydrogen-bond acceptors (Lipinski definition) is 8. The lowest BCUT2D eigenvalue weighted by Crippen LogP contribution is -2.29. The summed E-state index contributed by atoms with van der Waals surface area (Å²) in [6, 6.07) is 0. The summed E-state index contributed by atoms with van der Waals surface area (Å²) in [4.78, 5) is 34.7. The monoisotopic (exact) mass is 880 g/mol. The summed E-state index contributed by atoms with van der Waals surface area (Å²) < 4.78 is 32.7. The first-order valence-corrected chi connectivity index (χ1v) is 26.6. The van der Waals surface area contributed by atoms with Crippen LogP contribution in [-0.4, -0.2) is 49.3 Å².